The van der Waals surface area contributed by atoms with Crippen LogP contribution in [0.5, 0.6) is 11.5 Å². The summed E-state index contributed by atoms with van der Waals surface area (Å²) in [5.74, 6) is -0.492. The maximum Gasteiger partial charge on any atom is 0.270 e. The number of hydrogen-bond acceptors (Lipinski definition) is 9. The minimum atomic E-state index is -4.40. The van der Waals surface area contributed by atoms with Crippen LogP contribution in [0.4, 0.5) is 20.3 Å². The van der Waals surface area contributed by atoms with Crippen molar-refractivity contribution in [3.63, 3.8) is 0 Å². The number of carbonyl (C=O) groups excluding carboxylic acids is 1. The Morgan fingerprint density at radius 1 is 1.11 bits per heavy atom. The molecule has 1 amide bonds. The SMILES string of the molecule is COc1cc(C(=O)N2CCOCC2C(F)F)cc(OC)c1S(=O)(=O)Nc1noc2c1CC1(CC1)c1ccc(N3CCC3)cc1-2. The molecule has 3 fully saturated rings. The molecule has 3 aromatic rings. The molecule has 1 atom stereocenters. The molecule has 3 heterocycles. The number of aromatic nitrogens is 1. The van der Waals surface area contributed by atoms with E-state index in [1.54, 1.807) is 0 Å². The number of morpholine rings is 1. The molecule has 1 unspecified atom stereocenters. The van der Waals surface area contributed by atoms with Crippen LogP contribution in [0.15, 0.2) is 39.8 Å². The van der Waals surface area contributed by atoms with Gasteiger partial charge < -0.3 is 28.5 Å². The lowest BCUT2D eigenvalue weighted by molar-refractivity contribution is -0.0580. The molecule has 14 heteroatoms. The average molecular weight is 631 g/mol. The summed E-state index contributed by atoms with van der Waals surface area (Å²) in [6, 6.07) is 7.39. The highest BCUT2D eigenvalue weighted by molar-refractivity contribution is 7.93. The number of benzene rings is 2. The van der Waals surface area contributed by atoms with Crippen molar-refractivity contribution in [1.29, 1.82) is 0 Å². The van der Waals surface area contributed by atoms with Gasteiger partial charge in [-0.25, -0.2) is 17.2 Å². The molecule has 2 aliphatic heterocycles. The molecule has 4 aliphatic rings. The van der Waals surface area contributed by atoms with Gasteiger partial charge in [-0.05, 0) is 55.5 Å². The molecular formula is C30H32F2N4O7S. The Hall–Kier alpha value is -3.91. The van der Waals surface area contributed by atoms with Crippen molar-refractivity contribution in [1.82, 2.24) is 10.1 Å². The first kappa shape index (κ1) is 28.8. The topological polar surface area (TPSA) is 123 Å². The predicted octanol–water partition coefficient (Wildman–Crippen LogP) is 4.06. The van der Waals surface area contributed by atoms with Gasteiger partial charge in [-0.3, -0.25) is 9.52 Å². The van der Waals surface area contributed by atoms with Crippen LogP contribution in [-0.4, -0.2) is 83.9 Å². The molecule has 1 N–H and O–H groups in total. The fourth-order valence-corrected chi connectivity index (χ4v) is 7.78. The molecule has 1 aromatic heterocycles. The van der Waals surface area contributed by atoms with Gasteiger partial charge in [0.05, 0.1) is 27.4 Å². The van der Waals surface area contributed by atoms with Crippen LogP contribution in [0.1, 0.15) is 40.7 Å². The zero-order valence-corrected chi connectivity index (χ0v) is 25.1. The summed E-state index contributed by atoms with van der Waals surface area (Å²) in [6.45, 7) is 1.74. The van der Waals surface area contributed by atoms with Gasteiger partial charge in [-0.2, -0.15) is 0 Å². The van der Waals surface area contributed by atoms with Crippen molar-refractivity contribution in [2.45, 2.75) is 48.5 Å². The molecule has 2 aliphatic carbocycles. The Morgan fingerprint density at radius 2 is 1.84 bits per heavy atom. The summed E-state index contributed by atoms with van der Waals surface area (Å²) in [6.07, 6.45) is 0.863. The smallest absolute Gasteiger partial charge is 0.270 e. The number of rotatable bonds is 8. The van der Waals surface area contributed by atoms with Crippen LogP contribution in [0.2, 0.25) is 0 Å². The normalized spacial score (nSPS) is 20.2. The van der Waals surface area contributed by atoms with E-state index in [4.69, 9.17) is 18.7 Å². The summed E-state index contributed by atoms with van der Waals surface area (Å²) >= 11 is 0. The third-order valence-electron chi connectivity index (χ3n) is 9.12. The number of nitrogens with one attached hydrogen (secondary N) is 1. The van der Waals surface area contributed by atoms with Gasteiger partial charge in [0.2, 0.25) is 0 Å². The Labute approximate surface area is 253 Å². The van der Waals surface area contributed by atoms with Crippen molar-refractivity contribution in [2.75, 3.05) is 56.7 Å². The van der Waals surface area contributed by atoms with Crippen LogP contribution in [0, 0.1) is 0 Å². The summed E-state index contributed by atoms with van der Waals surface area (Å²) < 4.78 is 79.4. The number of hydrogen-bond donors (Lipinski definition) is 1. The second-order valence-corrected chi connectivity index (χ2v) is 13.3. The van der Waals surface area contributed by atoms with Crippen molar-refractivity contribution in [2.24, 2.45) is 0 Å². The Kier molecular flexibility index (Phi) is 6.96. The van der Waals surface area contributed by atoms with Gasteiger partial charge in [0, 0.05) is 47.4 Å². The van der Waals surface area contributed by atoms with Crippen molar-refractivity contribution >= 4 is 27.4 Å². The van der Waals surface area contributed by atoms with E-state index >= 15 is 0 Å². The van der Waals surface area contributed by atoms with Crippen LogP contribution < -0.4 is 19.1 Å². The highest BCUT2D eigenvalue weighted by atomic mass is 32.2. The molecule has 0 bridgehead atoms. The average Bonchev–Trinajstić information content (AvgIpc) is 3.66. The van der Waals surface area contributed by atoms with Gasteiger partial charge in [0.1, 0.15) is 17.5 Å². The number of halogens is 2. The number of anilines is 2. The fourth-order valence-electron chi connectivity index (χ4n) is 6.45. The van der Waals surface area contributed by atoms with Crippen LogP contribution in [0.3, 0.4) is 0 Å². The molecule has 44 heavy (non-hydrogen) atoms. The molecule has 2 aromatic carbocycles. The highest BCUT2D eigenvalue weighted by Gasteiger charge is 2.51. The largest absolute Gasteiger partial charge is 0.495 e. The molecular weight excluding hydrogens is 598 g/mol. The second-order valence-electron chi connectivity index (χ2n) is 11.7. The maximum atomic E-state index is 13.9. The summed E-state index contributed by atoms with van der Waals surface area (Å²) in [5.41, 5.74) is 3.74. The van der Waals surface area contributed by atoms with E-state index in [9.17, 15) is 22.0 Å². The van der Waals surface area contributed by atoms with Gasteiger partial charge in [-0.15, -0.1) is 0 Å². The Bertz CT molecular complexity index is 1710. The van der Waals surface area contributed by atoms with E-state index in [0.29, 0.717) is 17.7 Å². The number of nitrogens with zero attached hydrogens (tertiary/aromatic N) is 3. The first-order valence-electron chi connectivity index (χ1n) is 14.5. The number of ether oxygens (including phenoxy) is 3. The predicted molar refractivity (Wildman–Crippen MR) is 155 cm³/mol. The lowest BCUT2D eigenvalue weighted by atomic mass is 9.79. The molecule has 11 nitrogen and oxygen atoms in total. The summed E-state index contributed by atoms with van der Waals surface area (Å²) in [4.78, 5) is 16.3. The minimum absolute atomic E-state index is 0.0402. The maximum absolute atomic E-state index is 13.9. The second kappa shape index (κ2) is 10.6. The zero-order chi connectivity index (χ0) is 30.8. The number of methoxy groups -OCH3 is 2. The lowest BCUT2D eigenvalue weighted by Gasteiger charge is -2.35. The van der Waals surface area contributed by atoms with E-state index in [1.165, 1.54) is 31.9 Å². The minimum Gasteiger partial charge on any atom is -0.495 e. The summed E-state index contributed by atoms with van der Waals surface area (Å²) in [5, 5.41) is 4.15. The standard InChI is InChI=1S/C30H32F2N4O7S/c1-40-23-12-17(29(37)36-10-11-42-16-22(36)27(31)32)13-24(41-2)26(23)44(38,39)34-28-20-15-30(6-7-30)21-5-4-18(35-8-3-9-35)14-19(21)25(20)43-33-28/h4-5,12-14,22,27H,3,6-11,15-16H2,1-2H3,(H,33,34). The lowest BCUT2D eigenvalue weighted by Crippen LogP contribution is -2.52. The van der Waals surface area contributed by atoms with E-state index in [1.807, 2.05) is 0 Å². The molecule has 0 radical (unpaired) electrons. The number of carbonyl (C=O) groups is 1. The number of fused-ring (bicyclic) bond motifs is 4. The van der Waals surface area contributed by atoms with Crippen LogP contribution >= 0.6 is 0 Å². The van der Waals surface area contributed by atoms with Gasteiger partial charge in [0.15, 0.2) is 16.5 Å². The third-order valence-corrected chi connectivity index (χ3v) is 10.5. The quantitative estimate of drug-likeness (QED) is 0.393. The molecule has 234 valence electrons. The zero-order valence-electron chi connectivity index (χ0n) is 24.3. The van der Waals surface area contributed by atoms with Crippen LogP contribution in [-0.2, 0) is 26.6 Å². The Morgan fingerprint density at radius 3 is 2.45 bits per heavy atom. The van der Waals surface area contributed by atoms with Gasteiger partial charge >= 0.3 is 0 Å². The first-order valence-corrected chi connectivity index (χ1v) is 16.0. The molecule has 1 spiro atoms. The monoisotopic (exact) mass is 630 g/mol. The van der Waals surface area contributed by atoms with Crippen molar-refractivity contribution in [3.8, 4) is 22.8 Å². The number of amides is 1. The van der Waals surface area contributed by atoms with Crippen LogP contribution in [0.25, 0.3) is 11.3 Å². The van der Waals surface area contributed by atoms with E-state index in [-0.39, 0.29) is 52.9 Å². The van der Waals surface area contributed by atoms with E-state index < -0.39 is 28.4 Å². The highest BCUT2D eigenvalue weighted by Crippen LogP contribution is 2.59. The van der Waals surface area contributed by atoms with Crippen molar-refractivity contribution < 1.29 is 40.7 Å². The van der Waals surface area contributed by atoms with E-state index in [2.05, 4.69) is 33.0 Å². The molecule has 7 rings (SSSR count). The van der Waals surface area contributed by atoms with Gasteiger partial charge in [-0.1, -0.05) is 11.2 Å². The third kappa shape index (κ3) is 4.66. The molecule has 1 saturated carbocycles. The van der Waals surface area contributed by atoms with E-state index in [0.717, 1.165) is 48.5 Å². The Balaban J connectivity index is 1.23. The number of alkyl halides is 2. The molecule has 2 saturated heterocycles. The first-order chi connectivity index (χ1) is 21.2. The summed E-state index contributed by atoms with van der Waals surface area (Å²) in [7, 11) is -1.90. The number of sulfonamides is 1. The van der Waals surface area contributed by atoms with Crippen molar-refractivity contribution in [3.05, 3.63) is 47.0 Å². The van der Waals surface area contributed by atoms with Gasteiger partial charge in [0.25, 0.3) is 22.4 Å². The fraction of sp³-hybridized carbons (Fsp3) is 0.467.